The summed E-state index contributed by atoms with van der Waals surface area (Å²) in [4.78, 5) is 11.5. The van der Waals surface area contributed by atoms with Gasteiger partial charge in [-0.05, 0) is 22.4 Å². The highest BCUT2D eigenvalue weighted by Gasteiger charge is 2.13. The van der Waals surface area contributed by atoms with E-state index < -0.39 is 0 Å². The third-order valence-corrected chi connectivity index (χ3v) is 2.23. The topological polar surface area (TPSA) is 46.9 Å². The Kier molecular flexibility index (Phi) is 3.48. The van der Waals surface area contributed by atoms with Gasteiger partial charge in [-0.25, -0.2) is 0 Å². The van der Waals surface area contributed by atoms with E-state index in [2.05, 4.69) is 26.3 Å². The lowest BCUT2D eigenvalue weighted by Crippen LogP contribution is -2.26. The Bertz CT molecular complexity index is 289. The highest BCUT2D eigenvalue weighted by molar-refractivity contribution is 9.10. The van der Waals surface area contributed by atoms with Gasteiger partial charge in [-0.3, -0.25) is 9.48 Å². The molecular weight excluding hydrogens is 234 g/mol. The van der Waals surface area contributed by atoms with E-state index in [9.17, 15) is 4.79 Å². The van der Waals surface area contributed by atoms with Crippen LogP contribution in [0.2, 0.25) is 0 Å². The lowest BCUT2D eigenvalue weighted by molar-refractivity contribution is 0.0943. The van der Waals surface area contributed by atoms with Crippen LogP contribution in [0.4, 0.5) is 0 Å². The number of halogens is 1. The lowest BCUT2D eigenvalue weighted by atomic mass is 10.4. The van der Waals surface area contributed by atoms with Gasteiger partial charge < -0.3 is 5.32 Å². The molecule has 1 rings (SSSR count). The van der Waals surface area contributed by atoms with Crippen molar-refractivity contribution in [1.29, 1.82) is 0 Å². The summed E-state index contributed by atoms with van der Waals surface area (Å²) in [6, 6.07) is 0. The second kappa shape index (κ2) is 4.41. The summed E-state index contributed by atoms with van der Waals surface area (Å²) in [6.07, 6.45) is 2.54. The zero-order valence-corrected chi connectivity index (χ0v) is 9.26. The van der Waals surface area contributed by atoms with E-state index in [-0.39, 0.29) is 5.91 Å². The van der Waals surface area contributed by atoms with Crippen LogP contribution >= 0.6 is 15.9 Å². The van der Waals surface area contributed by atoms with Gasteiger partial charge in [0, 0.05) is 13.6 Å². The fraction of sp³-hybridized carbons (Fsp3) is 0.500. The molecule has 0 spiro atoms. The number of carbonyl (C=O) groups is 1. The molecule has 1 aromatic rings. The lowest BCUT2D eigenvalue weighted by Gasteiger charge is -2.03. The van der Waals surface area contributed by atoms with Gasteiger partial charge in [-0.2, -0.15) is 5.10 Å². The predicted octanol–water partition coefficient (Wildman–Crippen LogP) is 1.32. The van der Waals surface area contributed by atoms with Crippen LogP contribution in [-0.4, -0.2) is 22.2 Å². The third-order valence-electron chi connectivity index (χ3n) is 1.64. The first-order valence-corrected chi connectivity index (χ1v) is 4.91. The van der Waals surface area contributed by atoms with Gasteiger partial charge in [-0.1, -0.05) is 6.92 Å². The molecule has 4 nitrogen and oxygen atoms in total. The maximum Gasteiger partial charge on any atom is 0.270 e. The van der Waals surface area contributed by atoms with Crippen LogP contribution in [0.5, 0.6) is 0 Å². The van der Waals surface area contributed by atoms with Crippen LogP contribution in [0.1, 0.15) is 23.8 Å². The Morgan fingerprint density at radius 3 is 2.92 bits per heavy atom. The van der Waals surface area contributed by atoms with E-state index >= 15 is 0 Å². The zero-order valence-electron chi connectivity index (χ0n) is 7.67. The Hall–Kier alpha value is -0.840. The van der Waals surface area contributed by atoms with Crippen molar-refractivity contribution < 1.29 is 4.79 Å². The van der Waals surface area contributed by atoms with E-state index in [1.165, 1.54) is 0 Å². The predicted molar refractivity (Wildman–Crippen MR) is 53.5 cm³/mol. The van der Waals surface area contributed by atoms with Crippen molar-refractivity contribution in [3.63, 3.8) is 0 Å². The standard InChI is InChI=1S/C8H12BrN3O/c1-3-4-10-8(13)7-6(9)5-11-12(7)2/h5H,3-4H2,1-2H3,(H,10,13). The fourth-order valence-corrected chi connectivity index (χ4v) is 1.52. The van der Waals surface area contributed by atoms with Gasteiger partial charge in [0.1, 0.15) is 5.69 Å². The van der Waals surface area contributed by atoms with Crippen molar-refractivity contribution in [1.82, 2.24) is 15.1 Å². The number of hydrogen-bond acceptors (Lipinski definition) is 2. The molecule has 0 unspecified atom stereocenters. The minimum atomic E-state index is -0.0891. The number of nitrogens with one attached hydrogen (secondary N) is 1. The van der Waals surface area contributed by atoms with Gasteiger partial charge in [0.05, 0.1) is 10.7 Å². The molecule has 0 atom stereocenters. The first-order chi connectivity index (χ1) is 6.16. The van der Waals surface area contributed by atoms with Crippen LogP contribution in [0, 0.1) is 0 Å². The van der Waals surface area contributed by atoms with E-state index in [1.807, 2.05) is 6.92 Å². The number of amides is 1. The fourth-order valence-electron chi connectivity index (χ4n) is 0.988. The maximum absolute atomic E-state index is 11.5. The minimum Gasteiger partial charge on any atom is -0.351 e. The molecule has 0 bridgehead atoms. The maximum atomic E-state index is 11.5. The average molecular weight is 246 g/mol. The summed E-state index contributed by atoms with van der Waals surface area (Å²) in [7, 11) is 1.74. The first kappa shape index (κ1) is 10.2. The number of rotatable bonds is 3. The number of aryl methyl sites for hydroxylation is 1. The molecule has 13 heavy (non-hydrogen) atoms. The molecule has 1 amide bonds. The molecule has 0 aromatic carbocycles. The minimum absolute atomic E-state index is 0.0891. The molecule has 72 valence electrons. The van der Waals surface area contributed by atoms with E-state index in [4.69, 9.17) is 0 Å². The highest BCUT2D eigenvalue weighted by atomic mass is 79.9. The number of carbonyl (C=O) groups excluding carboxylic acids is 1. The van der Waals surface area contributed by atoms with Gasteiger partial charge in [-0.15, -0.1) is 0 Å². The summed E-state index contributed by atoms with van der Waals surface area (Å²) in [6.45, 7) is 2.70. The molecule has 1 aromatic heterocycles. The normalized spacial score (nSPS) is 10.1. The molecule has 5 heteroatoms. The number of aromatic nitrogens is 2. The van der Waals surface area contributed by atoms with Crippen molar-refractivity contribution in [3.05, 3.63) is 16.4 Å². The monoisotopic (exact) mass is 245 g/mol. The van der Waals surface area contributed by atoms with Crippen molar-refractivity contribution in [2.24, 2.45) is 7.05 Å². The summed E-state index contributed by atoms with van der Waals surface area (Å²) in [5.41, 5.74) is 0.563. The Balaban J connectivity index is 2.76. The third kappa shape index (κ3) is 2.30. The molecule has 0 aliphatic carbocycles. The molecule has 0 saturated carbocycles. The molecule has 1 N–H and O–H groups in total. The van der Waals surface area contributed by atoms with Crippen LogP contribution in [-0.2, 0) is 7.05 Å². The van der Waals surface area contributed by atoms with Crippen LogP contribution in [0.3, 0.4) is 0 Å². The Morgan fingerprint density at radius 2 is 2.46 bits per heavy atom. The zero-order chi connectivity index (χ0) is 9.84. The average Bonchev–Trinajstić information content (AvgIpc) is 2.42. The van der Waals surface area contributed by atoms with Gasteiger partial charge in [0.25, 0.3) is 5.91 Å². The summed E-state index contributed by atoms with van der Waals surface area (Å²) in [5.74, 6) is -0.0891. The van der Waals surface area contributed by atoms with Gasteiger partial charge in [0.2, 0.25) is 0 Å². The van der Waals surface area contributed by atoms with Gasteiger partial charge >= 0.3 is 0 Å². The van der Waals surface area contributed by atoms with E-state index in [0.717, 1.165) is 10.9 Å². The van der Waals surface area contributed by atoms with Crippen LogP contribution in [0.25, 0.3) is 0 Å². The molecular formula is C8H12BrN3O. The molecule has 0 aliphatic heterocycles. The summed E-state index contributed by atoms with van der Waals surface area (Å²) < 4.78 is 2.28. The van der Waals surface area contributed by atoms with Crippen molar-refractivity contribution in [2.75, 3.05) is 6.54 Å². The summed E-state index contributed by atoms with van der Waals surface area (Å²) >= 11 is 3.27. The quantitative estimate of drug-likeness (QED) is 0.874. The molecule has 0 saturated heterocycles. The van der Waals surface area contributed by atoms with Gasteiger partial charge in [0.15, 0.2) is 0 Å². The molecule has 0 radical (unpaired) electrons. The van der Waals surface area contributed by atoms with E-state index in [1.54, 1.807) is 17.9 Å². The second-order valence-corrected chi connectivity index (χ2v) is 3.57. The SMILES string of the molecule is CCCNC(=O)c1c(Br)cnn1C. The molecule has 0 aliphatic rings. The Morgan fingerprint density at radius 1 is 1.77 bits per heavy atom. The van der Waals surface area contributed by atoms with E-state index in [0.29, 0.717) is 12.2 Å². The molecule has 0 fully saturated rings. The molecule has 1 heterocycles. The van der Waals surface area contributed by atoms with Crippen molar-refractivity contribution >= 4 is 21.8 Å². The van der Waals surface area contributed by atoms with Crippen LogP contribution in [0.15, 0.2) is 10.7 Å². The summed E-state index contributed by atoms with van der Waals surface area (Å²) in [5, 5.41) is 6.74. The number of nitrogens with zero attached hydrogens (tertiary/aromatic N) is 2. The van der Waals surface area contributed by atoms with Crippen LogP contribution < -0.4 is 5.32 Å². The second-order valence-electron chi connectivity index (χ2n) is 2.72. The van der Waals surface area contributed by atoms with Crippen molar-refractivity contribution in [3.8, 4) is 0 Å². The smallest absolute Gasteiger partial charge is 0.270 e. The van der Waals surface area contributed by atoms with Crippen molar-refractivity contribution in [2.45, 2.75) is 13.3 Å². The largest absolute Gasteiger partial charge is 0.351 e. The highest BCUT2D eigenvalue weighted by Crippen LogP contribution is 2.14. The number of hydrogen-bond donors (Lipinski definition) is 1. The first-order valence-electron chi connectivity index (χ1n) is 4.12. The Labute approximate surface area is 85.4 Å².